The van der Waals surface area contributed by atoms with Crippen molar-refractivity contribution in [2.24, 2.45) is 0 Å². The summed E-state index contributed by atoms with van der Waals surface area (Å²) in [6, 6.07) is 9.38. The van der Waals surface area contributed by atoms with Crippen LogP contribution in [0.1, 0.15) is 23.1 Å². The topological polar surface area (TPSA) is 57.2 Å². The van der Waals surface area contributed by atoms with Crippen LogP contribution in [0.5, 0.6) is 28.7 Å². The number of phenols is 1. The second kappa shape index (κ2) is 4.73. The van der Waals surface area contributed by atoms with E-state index < -0.39 is 0 Å². The highest BCUT2D eigenvalue weighted by atomic mass is 16.5. The SMILES string of the molecule is COc1ccc2c(c1)OCC1c3ccc(OC)c(O)c3OC21. The highest BCUT2D eigenvalue weighted by Crippen LogP contribution is 2.55. The molecule has 2 unspecified atom stereocenters. The molecule has 5 heteroatoms. The normalized spacial score (nSPS) is 21.0. The van der Waals surface area contributed by atoms with E-state index in [1.807, 2.05) is 24.3 Å². The maximum Gasteiger partial charge on any atom is 0.201 e. The van der Waals surface area contributed by atoms with Crippen molar-refractivity contribution in [2.75, 3.05) is 20.8 Å². The van der Waals surface area contributed by atoms with Crippen molar-refractivity contribution in [2.45, 2.75) is 12.0 Å². The van der Waals surface area contributed by atoms with Gasteiger partial charge < -0.3 is 24.1 Å². The van der Waals surface area contributed by atoms with Gasteiger partial charge in [-0.15, -0.1) is 0 Å². The molecule has 2 heterocycles. The molecule has 114 valence electrons. The Morgan fingerprint density at radius 1 is 1.09 bits per heavy atom. The summed E-state index contributed by atoms with van der Waals surface area (Å²) in [5.74, 6) is 2.52. The summed E-state index contributed by atoms with van der Waals surface area (Å²) in [6.45, 7) is 0.504. The fourth-order valence-electron chi connectivity index (χ4n) is 3.16. The Morgan fingerprint density at radius 2 is 1.91 bits per heavy atom. The maximum atomic E-state index is 10.3. The van der Waals surface area contributed by atoms with Gasteiger partial charge in [0.05, 0.1) is 26.7 Å². The number of fused-ring (bicyclic) bond motifs is 5. The number of rotatable bonds is 2. The molecule has 0 amide bonds. The molecule has 5 nitrogen and oxygen atoms in total. The molecule has 4 rings (SSSR count). The van der Waals surface area contributed by atoms with Gasteiger partial charge in [0.1, 0.15) is 17.6 Å². The first-order valence-corrected chi connectivity index (χ1v) is 7.10. The van der Waals surface area contributed by atoms with Crippen LogP contribution in [0.2, 0.25) is 0 Å². The first-order chi connectivity index (χ1) is 10.7. The third-order valence-electron chi connectivity index (χ3n) is 4.30. The van der Waals surface area contributed by atoms with E-state index >= 15 is 0 Å². The molecular formula is C17H16O5. The summed E-state index contributed by atoms with van der Waals surface area (Å²) < 4.78 is 22.3. The summed E-state index contributed by atoms with van der Waals surface area (Å²) in [7, 11) is 3.15. The van der Waals surface area contributed by atoms with Crippen molar-refractivity contribution in [3.63, 3.8) is 0 Å². The first-order valence-electron chi connectivity index (χ1n) is 7.10. The van der Waals surface area contributed by atoms with Gasteiger partial charge in [0.25, 0.3) is 0 Å². The quantitative estimate of drug-likeness (QED) is 0.924. The number of benzene rings is 2. The largest absolute Gasteiger partial charge is 0.502 e. The Hall–Kier alpha value is -2.56. The third-order valence-corrected chi connectivity index (χ3v) is 4.30. The lowest BCUT2D eigenvalue weighted by atomic mass is 9.89. The number of phenolic OH excluding ortho intramolecular Hbond substituents is 1. The average Bonchev–Trinajstić information content (AvgIpc) is 2.94. The number of aromatic hydroxyl groups is 1. The van der Waals surface area contributed by atoms with E-state index in [9.17, 15) is 5.11 Å². The number of ether oxygens (including phenoxy) is 4. The summed E-state index contributed by atoms with van der Waals surface area (Å²) in [6.07, 6.45) is -0.164. The molecule has 0 saturated carbocycles. The summed E-state index contributed by atoms with van der Waals surface area (Å²) in [4.78, 5) is 0. The van der Waals surface area contributed by atoms with E-state index in [4.69, 9.17) is 18.9 Å². The number of methoxy groups -OCH3 is 2. The highest BCUT2D eigenvalue weighted by molar-refractivity contribution is 5.60. The van der Waals surface area contributed by atoms with Gasteiger partial charge in [0.2, 0.25) is 5.75 Å². The predicted molar refractivity (Wildman–Crippen MR) is 79.3 cm³/mol. The minimum Gasteiger partial charge on any atom is -0.502 e. The minimum atomic E-state index is -0.164. The lowest BCUT2D eigenvalue weighted by Gasteiger charge is -2.28. The zero-order chi connectivity index (χ0) is 15.3. The van der Waals surface area contributed by atoms with Crippen molar-refractivity contribution in [1.29, 1.82) is 0 Å². The standard InChI is InChI=1S/C17H16O5/c1-19-9-3-4-11-14(7-9)21-8-12-10-5-6-13(20-2)15(18)17(10)22-16(11)12/h3-7,12,16,18H,8H2,1-2H3. The number of hydrogen-bond donors (Lipinski definition) is 1. The van der Waals surface area contributed by atoms with Crippen molar-refractivity contribution in [1.82, 2.24) is 0 Å². The molecule has 0 bridgehead atoms. The Labute approximate surface area is 128 Å². The van der Waals surface area contributed by atoms with Crippen LogP contribution in [0.15, 0.2) is 30.3 Å². The Morgan fingerprint density at radius 3 is 2.68 bits per heavy atom. The monoisotopic (exact) mass is 300 g/mol. The van der Waals surface area contributed by atoms with Gasteiger partial charge in [-0.3, -0.25) is 0 Å². The second-order valence-corrected chi connectivity index (χ2v) is 5.39. The van der Waals surface area contributed by atoms with Crippen LogP contribution in [0.25, 0.3) is 0 Å². The molecule has 0 spiro atoms. The van der Waals surface area contributed by atoms with Gasteiger partial charge in [-0.05, 0) is 18.2 Å². The molecule has 2 aliphatic heterocycles. The van der Waals surface area contributed by atoms with Crippen molar-refractivity contribution in [3.8, 4) is 28.7 Å². The van der Waals surface area contributed by atoms with Crippen LogP contribution < -0.4 is 18.9 Å². The molecule has 2 atom stereocenters. The van der Waals surface area contributed by atoms with Gasteiger partial charge in [0.15, 0.2) is 11.5 Å². The molecule has 22 heavy (non-hydrogen) atoms. The van der Waals surface area contributed by atoms with E-state index in [0.29, 0.717) is 18.1 Å². The van der Waals surface area contributed by atoms with E-state index in [1.54, 1.807) is 13.2 Å². The lowest BCUT2D eigenvalue weighted by molar-refractivity contribution is 0.136. The first kappa shape index (κ1) is 13.1. The Bertz CT molecular complexity index is 740. The smallest absolute Gasteiger partial charge is 0.201 e. The number of hydrogen-bond acceptors (Lipinski definition) is 5. The Balaban J connectivity index is 1.78. The molecule has 0 aromatic heterocycles. The van der Waals surface area contributed by atoms with Gasteiger partial charge >= 0.3 is 0 Å². The molecule has 0 saturated heterocycles. The second-order valence-electron chi connectivity index (χ2n) is 5.39. The van der Waals surface area contributed by atoms with Gasteiger partial charge in [0, 0.05) is 17.2 Å². The average molecular weight is 300 g/mol. The van der Waals surface area contributed by atoms with Crippen molar-refractivity contribution >= 4 is 0 Å². The zero-order valence-corrected chi connectivity index (χ0v) is 12.3. The van der Waals surface area contributed by atoms with Crippen LogP contribution in [0, 0.1) is 0 Å². The third kappa shape index (κ3) is 1.71. The summed E-state index contributed by atoms with van der Waals surface area (Å²) in [5, 5.41) is 10.3. The Kier molecular flexibility index (Phi) is 2.82. The van der Waals surface area contributed by atoms with E-state index in [0.717, 1.165) is 22.6 Å². The zero-order valence-electron chi connectivity index (χ0n) is 12.3. The molecular weight excluding hydrogens is 284 g/mol. The minimum absolute atomic E-state index is 0.0458. The molecule has 0 aliphatic carbocycles. The molecule has 0 radical (unpaired) electrons. The molecule has 2 aromatic carbocycles. The van der Waals surface area contributed by atoms with Crippen LogP contribution in [-0.2, 0) is 0 Å². The van der Waals surface area contributed by atoms with Gasteiger partial charge in [-0.25, -0.2) is 0 Å². The summed E-state index contributed by atoms with van der Waals surface area (Å²) in [5.41, 5.74) is 1.91. The fraction of sp³-hybridized carbons (Fsp3) is 0.294. The molecule has 2 aliphatic rings. The van der Waals surface area contributed by atoms with Crippen LogP contribution >= 0.6 is 0 Å². The van der Waals surface area contributed by atoms with E-state index in [1.165, 1.54) is 7.11 Å². The molecule has 2 aromatic rings. The lowest BCUT2D eigenvalue weighted by Crippen LogP contribution is -2.23. The van der Waals surface area contributed by atoms with Crippen LogP contribution in [0.4, 0.5) is 0 Å². The van der Waals surface area contributed by atoms with Crippen LogP contribution in [0.3, 0.4) is 0 Å². The fourth-order valence-corrected chi connectivity index (χ4v) is 3.16. The van der Waals surface area contributed by atoms with Gasteiger partial charge in [-0.1, -0.05) is 6.07 Å². The molecule has 1 N–H and O–H groups in total. The summed E-state index contributed by atoms with van der Waals surface area (Å²) >= 11 is 0. The maximum absolute atomic E-state index is 10.3. The van der Waals surface area contributed by atoms with E-state index in [-0.39, 0.29) is 17.8 Å². The van der Waals surface area contributed by atoms with Crippen LogP contribution in [-0.4, -0.2) is 25.9 Å². The highest BCUT2D eigenvalue weighted by Gasteiger charge is 2.42. The predicted octanol–water partition coefficient (Wildman–Crippen LogP) is 3.02. The van der Waals surface area contributed by atoms with Crippen molar-refractivity contribution < 1.29 is 24.1 Å². The van der Waals surface area contributed by atoms with Crippen molar-refractivity contribution in [3.05, 3.63) is 41.5 Å². The van der Waals surface area contributed by atoms with Gasteiger partial charge in [-0.2, -0.15) is 0 Å². The van der Waals surface area contributed by atoms with E-state index in [2.05, 4.69) is 0 Å². The molecule has 0 fully saturated rings.